The van der Waals surface area contributed by atoms with Gasteiger partial charge < -0.3 is 10.1 Å². The smallest absolute Gasteiger partial charge is 0.243 e. The van der Waals surface area contributed by atoms with Crippen LogP contribution in [0.5, 0.6) is 5.75 Å². The first-order chi connectivity index (χ1) is 15.9. The quantitative estimate of drug-likeness (QED) is 0.530. The Morgan fingerprint density at radius 3 is 2.73 bits per heavy atom. The largest absolute Gasteiger partial charge is 0.494 e. The number of hydrogen-bond donors (Lipinski definition) is 1. The maximum Gasteiger partial charge on any atom is 0.243 e. The highest BCUT2D eigenvalue weighted by molar-refractivity contribution is 7.89. The number of nitrogens with zero attached hydrogens (tertiary/aromatic N) is 2. The normalized spacial score (nSPS) is 17.0. The lowest BCUT2D eigenvalue weighted by molar-refractivity contribution is -0.120. The summed E-state index contributed by atoms with van der Waals surface area (Å²) in [5.41, 5.74) is 2.48. The Labute approximate surface area is 198 Å². The molecule has 0 saturated carbocycles. The summed E-state index contributed by atoms with van der Waals surface area (Å²) < 4.78 is 33.1. The van der Waals surface area contributed by atoms with Crippen LogP contribution in [0.4, 0.5) is 5.69 Å². The molecule has 1 amide bonds. The summed E-state index contributed by atoms with van der Waals surface area (Å²) >= 11 is 1.58. The van der Waals surface area contributed by atoms with Crippen molar-refractivity contribution < 1.29 is 17.9 Å². The van der Waals surface area contributed by atoms with Crippen molar-refractivity contribution in [3.8, 4) is 17.0 Å². The van der Waals surface area contributed by atoms with Crippen LogP contribution in [0.2, 0.25) is 0 Å². The number of anilines is 1. The van der Waals surface area contributed by atoms with Crippen molar-refractivity contribution in [2.45, 2.75) is 31.6 Å². The summed E-state index contributed by atoms with van der Waals surface area (Å²) in [5.74, 6) is 0.0389. The number of hydrogen-bond acceptors (Lipinski definition) is 6. The summed E-state index contributed by atoms with van der Waals surface area (Å²) in [7, 11) is -3.68. The zero-order chi connectivity index (χ0) is 23.4. The van der Waals surface area contributed by atoms with Gasteiger partial charge in [-0.25, -0.2) is 13.4 Å². The lowest BCUT2D eigenvalue weighted by Gasteiger charge is -2.31. The van der Waals surface area contributed by atoms with Crippen LogP contribution in [0.25, 0.3) is 11.3 Å². The molecule has 7 nitrogen and oxygen atoms in total. The number of rotatable bonds is 7. The molecular formula is C24H27N3O4S2. The number of aryl methyl sites for hydroxylation is 1. The minimum Gasteiger partial charge on any atom is -0.494 e. The first-order valence-electron chi connectivity index (χ1n) is 10.9. The Morgan fingerprint density at radius 2 is 2.03 bits per heavy atom. The van der Waals surface area contributed by atoms with Crippen LogP contribution in [-0.4, -0.2) is 43.3 Å². The van der Waals surface area contributed by atoms with Crippen LogP contribution in [-0.2, 0) is 14.8 Å². The van der Waals surface area contributed by atoms with E-state index in [2.05, 4.69) is 10.3 Å². The number of thiazole rings is 1. The summed E-state index contributed by atoms with van der Waals surface area (Å²) in [6.07, 6.45) is 1.28. The van der Waals surface area contributed by atoms with E-state index in [-0.39, 0.29) is 17.3 Å². The van der Waals surface area contributed by atoms with Crippen LogP contribution < -0.4 is 10.1 Å². The summed E-state index contributed by atoms with van der Waals surface area (Å²) in [6, 6.07) is 14.0. The van der Waals surface area contributed by atoms with Gasteiger partial charge in [0.1, 0.15) is 5.75 Å². The van der Waals surface area contributed by atoms with Gasteiger partial charge in [0.15, 0.2) is 0 Å². The molecule has 0 bridgehead atoms. The molecule has 2 aromatic carbocycles. The number of carbonyl (C=O) groups excluding carboxylic acids is 1. The van der Waals surface area contributed by atoms with Crippen molar-refractivity contribution in [3.63, 3.8) is 0 Å². The first-order valence-corrected chi connectivity index (χ1v) is 13.2. The molecule has 4 rings (SSSR count). The molecule has 0 unspecified atom stereocenters. The second-order valence-corrected chi connectivity index (χ2v) is 10.9. The van der Waals surface area contributed by atoms with Crippen LogP contribution in [0.3, 0.4) is 0 Å². The molecular weight excluding hydrogens is 458 g/mol. The molecule has 0 radical (unpaired) electrons. The van der Waals surface area contributed by atoms with Gasteiger partial charge in [-0.05, 0) is 63.1 Å². The van der Waals surface area contributed by atoms with Gasteiger partial charge in [-0.1, -0.05) is 12.1 Å². The minimum atomic E-state index is -3.68. The fraction of sp³-hybridized carbons (Fsp3) is 0.333. The Morgan fingerprint density at radius 1 is 1.24 bits per heavy atom. The van der Waals surface area contributed by atoms with Gasteiger partial charge in [-0.3, -0.25) is 4.79 Å². The summed E-state index contributed by atoms with van der Waals surface area (Å²) in [6.45, 7) is 4.90. The molecule has 9 heteroatoms. The van der Waals surface area contributed by atoms with Crippen LogP contribution in [0.1, 0.15) is 24.8 Å². The number of carbonyl (C=O) groups is 1. The van der Waals surface area contributed by atoms with Gasteiger partial charge in [-0.2, -0.15) is 4.31 Å². The van der Waals surface area contributed by atoms with Crippen LogP contribution in [0, 0.1) is 12.8 Å². The standard InChI is InChI=1S/C24H27N3O4S2/c1-3-31-21-9-11-22(12-10-21)33(29,30)27-13-5-7-19(15-27)24(28)26-20-8-4-6-18(14-20)23-16-32-17(2)25-23/h4,6,8-12,14,16,19H,3,5,7,13,15H2,1-2H3,(H,26,28)/t19-/m1/s1. The van der Waals surface area contributed by atoms with Crippen molar-refractivity contribution in [2.24, 2.45) is 5.92 Å². The number of amides is 1. The fourth-order valence-electron chi connectivity index (χ4n) is 3.89. The Bertz CT molecular complexity index is 1220. The second-order valence-electron chi connectivity index (χ2n) is 7.93. The van der Waals surface area contributed by atoms with Crippen LogP contribution in [0.15, 0.2) is 58.8 Å². The maximum atomic E-state index is 13.1. The second kappa shape index (κ2) is 10.0. The Hall–Kier alpha value is -2.75. The summed E-state index contributed by atoms with van der Waals surface area (Å²) in [4.78, 5) is 17.7. The maximum absolute atomic E-state index is 13.1. The van der Waals surface area contributed by atoms with Gasteiger partial charge in [0.2, 0.25) is 15.9 Å². The molecule has 33 heavy (non-hydrogen) atoms. The van der Waals surface area contributed by atoms with Gasteiger partial charge >= 0.3 is 0 Å². The molecule has 3 aromatic rings. The highest BCUT2D eigenvalue weighted by Gasteiger charge is 2.33. The van der Waals surface area contributed by atoms with E-state index in [1.165, 1.54) is 4.31 Å². The van der Waals surface area contributed by atoms with Gasteiger partial charge in [0, 0.05) is 29.7 Å². The highest BCUT2D eigenvalue weighted by atomic mass is 32.2. The van der Waals surface area contributed by atoms with Crippen molar-refractivity contribution in [1.82, 2.24) is 9.29 Å². The Balaban J connectivity index is 1.44. The van der Waals surface area contributed by atoms with Crippen LogP contribution >= 0.6 is 11.3 Å². The topological polar surface area (TPSA) is 88.6 Å². The number of sulfonamides is 1. The molecule has 1 N–H and O–H groups in total. The average molecular weight is 486 g/mol. The van der Waals surface area contributed by atoms with Gasteiger partial charge in [0.05, 0.1) is 28.1 Å². The average Bonchev–Trinajstić information content (AvgIpc) is 3.26. The third kappa shape index (κ3) is 5.43. The lowest BCUT2D eigenvalue weighted by Crippen LogP contribution is -2.43. The van der Waals surface area contributed by atoms with E-state index >= 15 is 0 Å². The van der Waals surface area contributed by atoms with Crippen molar-refractivity contribution in [2.75, 3.05) is 25.0 Å². The number of nitrogens with one attached hydrogen (secondary N) is 1. The molecule has 1 atom stereocenters. The SMILES string of the molecule is CCOc1ccc(S(=O)(=O)N2CCC[C@@H](C(=O)Nc3cccc(-c4csc(C)n4)c3)C2)cc1. The fourth-order valence-corrected chi connectivity index (χ4v) is 6.04. The van der Waals surface area contributed by atoms with E-state index in [0.717, 1.165) is 16.3 Å². The predicted octanol–water partition coefficient (Wildman–Crippen LogP) is 4.56. The van der Waals surface area contributed by atoms with E-state index < -0.39 is 15.9 Å². The van der Waals surface area contributed by atoms with Gasteiger partial charge in [0.25, 0.3) is 0 Å². The zero-order valence-electron chi connectivity index (χ0n) is 18.7. The molecule has 2 heterocycles. The number of piperidine rings is 1. The van der Waals surface area contributed by atoms with Gasteiger partial charge in [-0.15, -0.1) is 11.3 Å². The van der Waals surface area contributed by atoms with E-state index in [1.54, 1.807) is 35.6 Å². The first kappa shape index (κ1) is 23.4. The molecule has 1 aromatic heterocycles. The number of benzene rings is 2. The minimum absolute atomic E-state index is 0.159. The zero-order valence-corrected chi connectivity index (χ0v) is 20.3. The monoisotopic (exact) mass is 485 g/mol. The number of ether oxygens (including phenoxy) is 1. The summed E-state index contributed by atoms with van der Waals surface area (Å²) in [5, 5.41) is 5.93. The molecule has 0 spiro atoms. The third-order valence-electron chi connectivity index (χ3n) is 5.57. The predicted molar refractivity (Wildman–Crippen MR) is 130 cm³/mol. The van der Waals surface area contributed by atoms with E-state index in [9.17, 15) is 13.2 Å². The third-order valence-corrected chi connectivity index (χ3v) is 8.23. The molecule has 1 aliphatic rings. The highest BCUT2D eigenvalue weighted by Crippen LogP contribution is 2.27. The van der Waals surface area contributed by atoms with E-state index in [0.29, 0.717) is 37.4 Å². The molecule has 1 aliphatic heterocycles. The van der Waals surface area contributed by atoms with Crippen molar-refractivity contribution >= 4 is 33.0 Å². The van der Waals surface area contributed by atoms with Crippen molar-refractivity contribution in [1.29, 1.82) is 0 Å². The van der Waals surface area contributed by atoms with E-state index in [4.69, 9.17) is 4.74 Å². The molecule has 1 saturated heterocycles. The van der Waals surface area contributed by atoms with Crippen molar-refractivity contribution in [3.05, 3.63) is 58.9 Å². The Kier molecular flexibility index (Phi) is 7.11. The molecule has 0 aliphatic carbocycles. The molecule has 174 valence electrons. The lowest BCUT2D eigenvalue weighted by atomic mass is 9.98. The van der Waals surface area contributed by atoms with E-state index in [1.807, 2.05) is 43.5 Å². The molecule has 1 fully saturated rings. The number of aromatic nitrogens is 1.